The fraction of sp³-hybridized carbons (Fsp3) is 0.455. The van der Waals surface area contributed by atoms with E-state index in [4.69, 9.17) is 4.74 Å². The maximum Gasteiger partial charge on any atom is 0.0658 e. The second-order valence-corrected chi connectivity index (χ2v) is 5.33. The van der Waals surface area contributed by atoms with Gasteiger partial charge >= 0.3 is 0 Å². The number of likely N-dealkylation sites (N-methyl/N-ethyl adjacent to an activating group) is 1. The molecule has 0 aliphatic heterocycles. The van der Waals surface area contributed by atoms with Crippen molar-refractivity contribution in [3.8, 4) is 0 Å². The fourth-order valence-corrected chi connectivity index (χ4v) is 2.49. The molecule has 4 heteroatoms. The predicted molar refractivity (Wildman–Crippen MR) is 75.2 cm³/mol. The molecule has 84 valence electrons. The number of benzene rings is 1. The molecule has 1 N–H and O–H groups in total. The summed E-state index contributed by atoms with van der Waals surface area (Å²) in [7, 11) is 1.73. The molecule has 0 aromatic heterocycles. The molecule has 0 amide bonds. The first-order chi connectivity index (χ1) is 7.19. The molecule has 0 spiro atoms. The number of hydrogen-bond acceptors (Lipinski definition) is 2. The van der Waals surface area contributed by atoms with Crippen LogP contribution in [0.15, 0.2) is 22.7 Å². The van der Waals surface area contributed by atoms with Gasteiger partial charge in [0, 0.05) is 15.2 Å². The normalized spacial score (nSPS) is 12.8. The van der Waals surface area contributed by atoms with Gasteiger partial charge in [-0.05, 0) is 52.9 Å². The fourth-order valence-electron chi connectivity index (χ4n) is 1.45. The zero-order chi connectivity index (χ0) is 11.3. The molecular weight excluding hydrogens is 369 g/mol. The van der Waals surface area contributed by atoms with E-state index in [0.29, 0.717) is 6.61 Å². The SMILES string of the molecule is CCNC(COC)c1cc(I)ccc1Br. The quantitative estimate of drug-likeness (QED) is 0.787. The molecular formula is C11H15BrINO. The van der Waals surface area contributed by atoms with Crippen molar-refractivity contribution in [1.82, 2.24) is 5.32 Å². The van der Waals surface area contributed by atoms with E-state index in [0.717, 1.165) is 11.0 Å². The van der Waals surface area contributed by atoms with Crippen LogP contribution >= 0.6 is 38.5 Å². The maximum atomic E-state index is 5.22. The zero-order valence-corrected chi connectivity index (χ0v) is 12.6. The lowest BCUT2D eigenvalue weighted by Crippen LogP contribution is -2.25. The van der Waals surface area contributed by atoms with Crippen LogP contribution in [0.3, 0.4) is 0 Å². The Morgan fingerprint density at radius 1 is 1.53 bits per heavy atom. The van der Waals surface area contributed by atoms with Gasteiger partial charge in [0.15, 0.2) is 0 Å². The second kappa shape index (κ2) is 6.83. The Bertz CT molecular complexity index is 313. The molecule has 0 fully saturated rings. The summed E-state index contributed by atoms with van der Waals surface area (Å²) in [6.07, 6.45) is 0. The zero-order valence-electron chi connectivity index (χ0n) is 8.89. The first kappa shape index (κ1) is 13.4. The van der Waals surface area contributed by atoms with Crippen LogP contribution in [0.5, 0.6) is 0 Å². The summed E-state index contributed by atoms with van der Waals surface area (Å²) in [4.78, 5) is 0. The van der Waals surface area contributed by atoms with Gasteiger partial charge in [-0.2, -0.15) is 0 Å². The molecule has 2 nitrogen and oxygen atoms in total. The van der Waals surface area contributed by atoms with Gasteiger partial charge in [0.25, 0.3) is 0 Å². The summed E-state index contributed by atoms with van der Waals surface area (Å²) >= 11 is 5.90. The molecule has 0 bridgehead atoms. The lowest BCUT2D eigenvalue weighted by Gasteiger charge is -2.19. The van der Waals surface area contributed by atoms with Crippen LogP contribution in [0.4, 0.5) is 0 Å². The lowest BCUT2D eigenvalue weighted by atomic mass is 10.1. The van der Waals surface area contributed by atoms with Crippen molar-refractivity contribution in [2.45, 2.75) is 13.0 Å². The van der Waals surface area contributed by atoms with Gasteiger partial charge in [-0.25, -0.2) is 0 Å². The first-order valence-electron chi connectivity index (χ1n) is 4.86. The van der Waals surface area contributed by atoms with E-state index in [-0.39, 0.29) is 6.04 Å². The van der Waals surface area contributed by atoms with Crippen LogP contribution < -0.4 is 5.32 Å². The minimum atomic E-state index is 0.254. The highest BCUT2D eigenvalue weighted by Crippen LogP contribution is 2.25. The highest BCUT2D eigenvalue weighted by molar-refractivity contribution is 14.1. The van der Waals surface area contributed by atoms with Crippen molar-refractivity contribution in [3.63, 3.8) is 0 Å². The maximum absolute atomic E-state index is 5.22. The lowest BCUT2D eigenvalue weighted by molar-refractivity contribution is 0.167. The van der Waals surface area contributed by atoms with E-state index in [1.54, 1.807) is 7.11 Å². The Hall–Kier alpha value is 0.350. The van der Waals surface area contributed by atoms with E-state index < -0.39 is 0 Å². The Balaban J connectivity index is 2.93. The third-order valence-electron chi connectivity index (χ3n) is 2.12. The van der Waals surface area contributed by atoms with E-state index in [2.05, 4.69) is 69.0 Å². The number of methoxy groups -OCH3 is 1. The molecule has 0 radical (unpaired) electrons. The number of rotatable bonds is 5. The average molecular weight is 384 g/mol. The van der Waals surface area contributed by atoms with E-state index >= 15 is 0 Å². The van der Waals surface area contributed by atoms with E-state index in [9.17, 15) is 0 Å². The van der Waals surface area contributed by atoms with Gasteiger partial charge in [-0.15, -0.1) is 0 Å². The van der Waals surface area contributed by atoms with Crippen molar-refractivity contribution in [1.29, 1.82) is 0 Å². The molecule has 1 unspecified atom stereocenters. The Morgan fingerprint density at radius 2 is 2.27 bits per heavy atom. The average Bonchev–Trinajstić information content (AvgIpc) is 2.21. The highest BCUT2D eigenvalue weighted by Gasteiger charge is 2.13. The summed E-state index contributed by atoms with van der Waals surface area (Å²) in [5.74, 6) is 0. The second-order valence-electron chi connectivity index (χ2n) is 3.23. The van der Waals surface area contributed by atoms with Gasteiger partial charge < -0.3 is 10.1 Å². The number of halogens is 2. The minimum Gasteiger partial charge on any atom is -0.383 e. The number of ether oxygens (including phenoxy) is 1. The number of nitrogens with one attached hydrogen (secondary N) is 1. The third kappa shape index (κ3) is 4.01. The summed E-state index contributed by atoms with van der Waals surface area (Å²) in [5, 5.41) is 3.41. The van der Waals surface area contributed by atoms with Crippen molar-refractivity contribution in [2.75, 3.05) is 20.3 Å². The van der Waals surface area contributed by atoms with E-state index in [1.165, 1.54) is 9.13 Å². The molecule has 0 saturated carbocycles. The van der Waals surface area contributed by atoms with Gasteiger partial charge in [0.05, 0.1) is 12.6 Å². The van der Waals surface area contributed by atoms with Crippen LogP contribution in [-0.2, 0) is 4.74 Å². The molecule has 0 aliphatic rings. The van der Waals surface area contributed by atoms with Crippen LogP contribution in [0.2, 0.25) is 0 Å². The summed E-state index contributed by atoms with van der Waals surface area (Å²) in [6, 6.07) is 6.60. The van der Waals surface area contributed by atoms with Crippen molar-refractivity contribution < 1.29 is 4.74 Å². The minimum absolute atomic E-state index is 0.254. The van der Waals surface area contributed by atoms with Crippen LogP contribution in [-0.4, -0.2) is 20.3 Å². The third-order valence-corrected chi connectivity index (χ3v) is 3.51. The summed E-state index contributed by atoms with van der Waals surface area (Å²) < 4.78 is 7.59. The Labute approximate surface area is 113 Å². The smallest absolute Gasteiger partial charge is 0.0658 e. The summed E-state index contributed by atoms with van der Waals surface area (Å²) in [5.41, 5.74) is 1.26. The topological polar surface area (TPSA) is 21.3 Å². The Morgan fingerprint density at radius 3 is 2.87 bits per heavy atom. The van der Waals surface area contributed by atoms with Crippen molar-refractivity contribution in [3.05, 3.63) is 31.8 Å². The van der Waals surface area contributed by atoms with Gasteiger partial charge in [-0.1, -0.05) is 22.9 Å². The molecule has 0 aliphatic carbocycles. The molecule has 0 saturated heterocycles. The molecule has 1 rings (SSSR count). The monoisotopic (exact) mass is 383 g/mol. The van der Waals surface area contributed by atoms with Gasteiger partial charge in [0.1, 0.15) is 0 Å². The molecule has 1 aromatic carbocycles. The molecule has 1 atom stereocenters. The predicted octanol–water partition coefficient (Wildman–Crippen LogP) is 3.35. The molecule has 0 heterocycles. The highest BCUT2D eigenvalue weighted by atomic mass is 127. The van der Waals surface area contributed by atoms with Crippen LogP contribution in [0.1, 0.15) is 18.5 Å². The van der Waals surface area contributed by atoms with Crippen LogP contribution in [0, 0.1) is 3.57 Å². The molecule has 15 heavy (non-hydrogen) atoms. The van der Waals surface area contributed by atoms with Gasteiger partial charge in [0.2, 0.25) is 0 Å². The number of hydrogen-bond donors (Lipinski definition) is 1. The summed E-state index contributed by atoms with van der Waals surface area (Å²) in [6.45, 7) is 3.73. The van der Waals surface area contributed by atoms with E-state index in [1.807, 2.05) is 0 Å². The Kier molecular flexibility index (Phi) is 6.11. The standard InChI is InChI=1S/C11H15BrINO/c1-3-14-11(7-15-2)9-6-8(13)4-5-10(9)12/h4-6,11,14H,3,7H2,1-2H3. The van der Waals surface area contributed by atoms with Crippen molar-refractivity contribution in [2.24, 2.45) is 0 Å². The van der Waals surface area contributed by atoms with Crippen molar-refractivity contribution >= 4 is 38.5 Å². The largest absolute Gasteiger partial charge is 0.383 e. The van der Waals surface area contributed by atoms with Crippen LogP contribution in [0.25, 0.3) is 0 Å². The first-order valence-corrected chi connectivity index (χ1v) is 6.73. The van der Waals surface area contributed by atoms with Gasteiger partial charge in [-0.3, -0.25) is 0 Å². The molecule has 1 aromatic rings.